The van der Waals surface area contributed by atoms with Gasteiger partial charge < -0.3 is 10.1 Å². The molecule has 0 aliphatic rings. The van der Waals surface area contributed by atoms with E-state index < -0.39 is 0 Å². The molecule has 2 atom stereocenters. The fourth-order valence-corrected chi connectivity index (χ4v) is 4.25. The number of rotatable bonds is 10. The summed E-state index contributed by atoms with van der Waals surface area (Å²) < 4.78 is 5.81. The maximum Gasteiger partial charge on any atom is 0.119 e. The van der Waals surface area contributed by atoms with Crippen LogP contribution in [0.25, 0.3) is 0 Å². The normalized spacial score (nSPS) is 13.4. The molecule has 0 aliphatic heterocycles. The highest BCUT2D eigenvalue weighted by Gasteiger charge is 2.14. The van der Waals surface area contributed by atoms with Gasteiger partial charge in [-0.1, -0.05) is 48.5 Å². The molecule has 0 spiro atoms. The second kappa shape index (κ2) is 10.4. The van der Waals surface area contributed by atoms with Gasteiger partial charge in [0.15, 0.2) is 0 Å². The van der Waals surface area contributed by atoms with Crippen LogP contribution in [0.5, 0.6) is 5.75 Å². The van der Waals surface area contributed by atoms with E-state index in [1.54, 1.807) is 0 Å². The Labute approximate surface area is 173 Å². The lowest BCUT2D eigenvalue weighted by atomic mass is 9.89. The highest BCUT2D eigenvalue weighted by molar-refractivity contribution is 7.10. The van der Waals surface area contributed by atoms with Crippen molar-refractivity contribution in [2.75, 3.05) is 6.54 Å². The fraction of sp³-hybridized carbons (Fsp3) is 0.360. The highest BCUT2D eigenvalue weighted by atomic mass is 32.1. The third-order valence-electron chi connectivity index (χ3n) is 4.96. The second-order valence-electron chi connectivity index (χ2n) is 7.60. The van der Waals surface area contributed by atoms with Crippen LogP contribution in [0.15, 0.2) is 72.1 Å². The van der Waals surface area contributed by atoms with Crippen LogP contribution in [-0.2, 0) is 6.42 Å². The van der Waals surface area contributed by atoms with E-state index in [1.807, 2.05) is 11.3 Å². The van der Waals surface area contributed by atoms with Crippen LogP contribution in [0, 0.1) is 0 Å². The van der Waals surface area contributed by atoms with E-state index in [0.29, 0.717) is 12.0 Å². The molecule has 2 nitrogen and oxygen atoms in total. The van der Waals surface area contributed by atoms with Crippen LogP contribution < -0.4 is 10.1 Å². The summed E-state index contributed by atoms with van der Waals surface area (Å²) in [7, 11) is 0. The lowest BCUT2D eigenvalue weighted by Crippen LogP contribution is -2.21. The zero-order valence-corrected chi connectivity index (χ0v) is 17.9. The molecule has 0 saturated heterocycles. The molecule has 0 aliphatic carbocycles. The quantitative estimate of drug-likeness (QED) is 0.419. The van der Waals surface area contributed by atoms with Gasteiger partial charge in [0.2, 0.25) is 0 Å². The van der Waals surface area contributed by atoms with Crippen LogP contribution in [0.4, 0.5) is 0 Å². The van der Waals surface area contributed by atoms with E-state index in [0.717, 1.165) is 25.1 Å². The molecule has 1 aromatic heterocycles. The van der Waals surface area contributed by atoms with Crippen LogP contribution in [0.1, 0.15) is 55.2 Å². The first-order valence-corrected chi connectivity index (χ1v) is 11.1. The van der Waals surface area contributed by atoms with E-state index in [4.69, 9.17) is 4.74 Å². The summed E-state index contributed by atoms with van der Waals surface area (Å²) in [5, 5.41) is 5.84. The molecule has 148 valence electrons. The summed E-state index contributed by atoms with van der Waals surface area (Å²) in [6.45, 7) is 7.37. The fourth-order valence-electron chi connectivity index (χ4n) is 3.49. The maximum absolute atomic E-state index is 5.81. The van der Waals surface area contributed by atoms with Gasteiger partial charge in [0.1, 0.15) is 5.75 Å². The average molecular weight is 394 g/mol. The van der Waals surface area contributed by atoms with Crippen molar-refractivity contribution in [1.82, 2.24) is 5.32 Å². The van der Waals surface area contributed by atoms with Crippen molar-refractivity contribution in [2.45, 2.75) is 51.7 Å². The Morgan fingerprint density at radius 2 is 1.64 bits per heavy atom. The van der Waals surface area contributed by atoms with Crippen molar-refractivity contribution in [3.8, 4) is 5.75 Å². The summed E-state index contributed by atoms with van der Waals surface area (Å²) in [6.07, 6.45) is 2.36. The molecule has 0 bridgehead atoms. The molecule has 1 N–H and O–H groups in total. The van der Waals surface area contributed by atoms with Crippen LogP contribution in [-0.4, -0.2) is 12.6 Å². The van der Waals surface area contributed by atoms with Gasteiger partial charge in [-0.25, -0.2) is 0 Å². The summed E-state index contributed by atoms with van der Waals surface area (Å²) in [5.41, 5.74) is 2.77. The molecule has 0 amide bonds. The van der Waals surface area contributed by atoms with E-state index in [-0.39, 0.29) is 6.10 Å². The summed E-state index contributed by atoms with van der Waals surface area (Å²) >= 11 is 1.82. The van der Waals surface area contributed by atoms with E-state index in [9.17, 15) is 0 Å². The Kier molecular flexibility index (Phi) is 7.70. The van der Waals surface area contributed by atoms with Gasteiger partial charge in [0.25, 0.3) is 0 Å². The molecule has 28 heavy (non-hydrogen) atoms. The first-order valence-electron chi connectivity index (χ1n) is 10.2. The van der Waals surface area contributed by atoms with Crippen molar-refractivity contribution in [3.05, 3.63) is 88.1 Å². The Morgan fingerprint density at radius 1 is 0.893 bits per heavy atom. The summed E-state index contributed by atoms with van der Waals surface area (Å²) in [4.78, 5) is 1.40. The third-order valence-corrected chi connectivity index (χ3v) is 6.02. The van der Waals surface area contributed by atoms with E-state index in [1.165, 1.54) is 16.0 Å². The van der Waals surface area contributed by atoms with Crippen molar-refractivity contribution in [2.24, 2.45) is 0 Å². The van der Waals surface area contributed by atoms with E-state index in [2.05, 4.69) is 98.2 Å². The molecule has 0 radical (unpaired) electrons. The number of hydrogen-bond donors (Lipinski definition) is 1. The van der Waals surface area contributed by atoms with E-state index >= 15 is 0 Å². The maximum atomic E-state index is 5.81. The molecule has 0 fully saturated rings. The molecule has 3 rings (SSSR count). The zero-order valence-electron chi connectivity index (χ0n) is 17.1. The lowest BCUT2D eigenvalue weighted by molar-refractivity contribution is 0.242. The Hall–Kier alpha value is -2.10. The largest absolute Gasteiger partial charge is 0.491 e. The number of benzene rings is 2. The number of ether oxygens (including phenoxy) is 1. The molecule has 2 aromatic carbocycles. The van der Waals surface area contributed by atoms with Crippen molar-refractivity contribution in [1.29, 1.82) is 0 Å². The minimum Gasteiger partial charge on any atom is -0.491 e. The molecule has 0 saturated carbocycles. The molecule has 3 aromatic rings. The molecule has 0 unspecified atom stereocenters. The van der Waals surface area contributed by atoms with Gasteiger partial charge in [0, 0.05) is 10.9 Å². The number of nitrogens with one attached hydrogen (secondary N) is 1. The van der Waals surface area contributed by atoms with Gasteiger partial charge in [-0.15, -0.1) is 11.3 Å². The van der Waals surface area contributed by atoms with Gasteiger partial charge in [-0.05, 0) is 80.8 Å². The topological polar surface area (TPSA) is 21.3 Å². The number of thiophene rings is 1. The van der Waals surface area contributed by atoms with Crippen LogP contribution >= 0.6 is 11.3 Å². The Morgan fingerprint density at radius 3 is 2.29 bits per heavy atom. The van der Waals surface area contributed by atoms with Crippen molar-refractivity contribution >= 4 is 11.3 Å². The smallest absolute Gasteiger partial charge is 0.119 e. The lowest BCUT2D eigenvalue weighted by Gasteiger charge is -2.20. The second-order valence-corrected chi connectivity index (χ2v) is 8.58. The highest BCUT2D eigenvalue weighted by Crippen LogP contribution is 2.27. The van der Waals surface area contributed by atoms with Gasteiger partial charge in [0.05, 0.1) is 6.10 Å². The minimum absolute atomic E-state index is 0.203. The Balaban J connectivity index is 1.66. The number of hydrogen-bond acceptors (Lipinski definition) is 3. The van der Waals surface area contributed by atoms with Crippen LogP contribution in [0.3, 0.4) is 0 Å². The van der Waals surface area contributed by atoms with Crippen LogP contribution in [0.2, 0.25) is 0 Å². The Bertz CT molecular complexity index is 796. The molecular formula is C25H31NOS. The average Bonchev–Trinajstić information content (AvgIpc) is 3.23. The van der Waals surface area contributed by atoms with Gasteiger partial charge in [-0.3, -0.25) is 0 Å². The SMILES string of the molecule is CC(C)Oc1ccc([C@@H](CCN[C@H](C)c2cccs2)Cc2ccccc2)cc1. The molecule has 1 heterocycles. The standard InChI is InChI=1S/C25H31NOS/c1-19(2)27-24-13-11-22(12-14-24)23(18-21-8-5-4-6-9-21)15-16-26-20(3)25-10-7-17-28-25/h4-14,17,19-20,23,26H,15-16,18H2,1-3H3/t20-,23+/m1/s1. The first-order chi connectivity index (χ1) is 13.6. The molecule has 3 heteroatoms. The predicted molar refractivity (Wildman–Crippen MR) is 120 cm³/mol. The van der Waals surface area contributed by atoms with Gasteiger partial charge in [-0.2, -0.15) is 0 Å². The van der Waals surface area contributed by atoms with Crippen molar-refractivity contribution in [3.63, 3.8) is 0 Å². The monoisotopic (exact) mass is 393 g/mol. The first kappa shape index (κ1) is 20.6. The summed E-state index contributed by atoms with van der Waals surface area (Å²) in [6, 6.07) is 24.2. The van der Waals surface area contributed by atoms with Gasteiger partial charge >= 0.3 is 0 Å². The zero-order chi connectivity index (χ0) is 19.8. The minimum atomic E-state index is 0.203. The summed E-state index contributed by atoms with van der Waals surface area (Å²) in [5.74, 6) is 1.43. The van der Waals surface area contributed by atoms with Crippen molar-refractivity contribution < 1.29 is 4.74 Å². The third kappa shape index (κ3) is 6.22. The predicted octanol–water partition coefficient (Wildman–Crippen LogP) is 6.60. The molecular weight excluding hydrogens is 362 g/mol.